The molecule has 0 amide bonds. The summed E-state index contributed by atoms with van der Waals surface area (Å²) >= 11 is 0. The van der Waals surface area contributed by atoms with Crippen molar-refractivity contribution in [3.05, 3.63) is 0 Å². The van der Waals surface area contributed by atoms with Crippen LogP contribution in [-0.2, 0) is 4.79 Å². The van der Waals surface area contributed by atoms with Gasteiger partial charge in [0.2, 0.25) is 0 Å². The Morgan fingerprint density at radius 3 is 2.64 bits per heavy atom. The van der Waals surface area contributed by atoms with E-state index in [0.29, 0.717) is 23.7 Å². The quantitative estimate of drug-likeness (QED) is 0.692. The molecule has 0 aliphatic heterocycles. The molecule has 1 fully saturated rings. The van der Waals surface area contributed by atoms with Crippen LogP contribution in [0.4, 0.5) is 0 Å². The zero-order chi connectivity index (χ0) is 10.7. The van der Waals surface area contributed by atoms with Gasteiger partial charge in [0.1, 0.15) is 5.78 Å². The van der Waals surface area contributed by atoms with Crippen molar-refractivity contribution in [2.45, 2.75) is 46.1 Å². The van der Waals surface area contributed by atoms with E-state index in [9.17, 15) is 4.79 Å². The van der Waals surface area contributed by atoms with Crippen LogP contribution in [0.15, 0.2) is 0 Å². The summed E-state index contributed by atoms with van der Waals surface area (Å²) in [6, 6.07) is 0.487. The molecule has 2 nitrogen and oxygen atoms in total. The smallest absolute Gasteiger partial charge is 0.134 e. The van der Waals surface area contributed by atoms with Crippen molar-refractivity contribution in [2.24, 2.45) is 11.8 Å². The van der Waals surface area contributed by atoms with Crippen molar-refractivity contribution in [3.8, 4) is 0 Å². The summed E-state index contributed by atoms with van der Waals surface area (Å²) in [4.78, 5) is 13.8. The van der Waals surface area contributed by atoms with Crippen LogP contribution in [-0.4, -0.2) is 30.3 Å². The second kappa shape index (κ2) is 4.92. The van der Waals surface area contributed by atoms with Gasteiger partial charge in [0.15, 0.2) is 0 Å². The van der Waals surface area contributed by atoms with E-state index in [0.717, 1.165) is 25.8 Å². The van der Waals surface area contributed by atoms with Gasteiger partial charge in [0.25, 0.3) is 0 Å². The number of hydrogen-bond donors (Lipinski definition) is 0. The summed E-state index contributed by atoms with van der Waals surface area (Å²) in [5.74, 6) is 1.85. The number of carbonyl (C=O) groups is 1. The SMILES string of the molecule is CCN(C)C1CC(=O)CCC1C(C)C. The molecule has 0 radical (unpaired) electrons. The molecule has 2 unspecified atom stereocenters. The Morgan fingerprint density at radius 2 is 2.14 bits per heavy atom. The van der Waals surface area contributed by atoms with Crippen molar-refractivity contribution in [1.82, 2.24) is 4.90 Å². The Kier molecular flexibility index (Phi) is 4.11. The first kappa shape index (κ1) is 11.7. The van der Waals surface area contributed by atoms with Gasteiger partial charge in [-0.2, -0.15) is 0 Å². The Bertz CT molecular complexity index is 200. The lowest BCUT2D eigenvalue weighted by molar-refractivity contribution is -0.123. The van der Waals surface area contributed by atoms with Gasteiger partial charge in [-0.25, -0.2) is 0 Å². The molecule has 0 N–H and O–H groups in total. The van der Waals surface area contributed by atoms with E-state index in [2.05, 4.69) is 32.7 Å². The fraction of sp³-hybridized carbons (Fsp3) is 0.917. The first-order valence-corrected chi connectivity index (χ1v) is 5.78. The van der Waals surface area contributed by atoms with Gasteiger partial charge >= 0.3 is 0 Å². The van der Waals surface area contributed by atoms with E-state index < -0.39 is 0 Å². The summed E-state index contributed by atoms with van der Waals surface area (Å²) in [6.07, 6.45) is 2.66. The van der Waals surface area contributed by atoms with Crippen molar-refractivity contribution >= 4 is 5.78 Å². The molecule has 1 saturated carbocycles. The lowest BCUT2D eigenvalue weighted by Crippen LogP contribution is -2.44. The van der Waals surface area contributed by atoms with Crippen LogP contribution in [0, 0.1) is 11.8 Å². The first-order valence-electron chi connectivity index (χ1n) is 5.78. The van der Waals surface area contributed by atoms with E-state index in [1.54, 1.807) is 0 Å². The van der Waals surface area contributed by atoms with Gasteiger partial charge < -0.3 is 4.90 Å². The van der Waals surface area contributed by atoms with Gasteiger partial charge in [-0.15, -0.1) is 0 Å². The first-order chi connectivity index (χ1) is 6.56. The molecule has 0 aromatic heterocycles. The van der Waals surface area contributed by atoms with Crippen LogP contribution in [0.1, 0.15) is 40.0 Å². The van der Waals surface area contributed by atoms with Crippen molar-refractivity contribution in [3.63, 3.8) is 0 Å². The molecule has 82 valence electrons. The molecular weight excluding hydrogens is 174 g/mol. The molecule has 0 spiro atoms. The van der Waals surface area contributed by atoms with Crippen LogP contribution >= 0.6 is 0 Å². The Balaban J connectivity index is 2.68. The van der Waals surface area contributed by atoms with Gasteiger partial charge in [-0.05, 0) is 31.8 Å². The van der Waals surface area contributed by atoms with E-state index in [1.807, 2.05) is 0 Å². The lowest BCUT2D eigenvalue weighted by Gasteiger charge is -2.39. The van der Waals surface area contributed by atoms with Crippen molar-refractivity contribution < 1.29 is 4.79 Å². The Labute approximate surface area is 87.7 Å². The highest BCUT2D eigenvalue weighted by atomic mass is 16.1. The third-order valence-electron chi connectivity index (χ3n) is 3.61. The van der Waals surface area contributed by atoms with Crippen molar-refractivity contribution in [2.75, 3.05) is 13.6 Å². The molecule has 0 aromatic rings. The molecular formula is C12H23NO. The fourth-order valence-electron chi connectivity index (χ4n) is 2.50. The number of hydrogen-bond acceptors (Lipinski definition) is 2. The minimum Gasteiger partial charge on any atom is -0.303 e. The minimum absolute atomic E-state index is 0.451. The number of Topliss-reactive ketones (excluding diaryl/α,β-unsaturated/α-hetero) is 1. The molecule has 0 saturated heterocycles. The van der Waals surface area contributed by atoms with Crippen LogP contribution < -0.4 is 0 Å². The van der Waals surface area contributed by atoms with E-state index in [4.69, 9.17) is 0 Å². The molecule has 1 aliphatic rings. The molecule has 2 heteroatoms. The van der Waals surface area contributed by atoms with E-state index in [1.165, 1.54) is 0 Å². The third kappa shape index (κ3) is 2.57. The van der Waals surface area contributed by atoms with Crippen LogP contribution in [0.25, 0.3) is 0 Å². The second-order valence-electron chi connectivity index (χ2n) is 4.83. The molecule has 1 aliphatic carbocycles. The molecule has 0 heterocycles. The highest BCUT2D eigenvalue weighted by Gasteiger charge is 2.33. The average molecular weight is 197 g/mol. The summed E-state index contributed by atoms with van der Waals surface area (Å²) in [5.41, 5.74) is 0. The number of rotatable bonds is 3. The maximum Gasteiger partial charge on any atom is 0.134 e. The summed E-state index contributed by atoms with van der Waals surface area (Å²) < 4.78 is 0. The number of nitrogens with zero attached hydrogens (tertiary/aromatic N) is 1. The topological polar surface area (TPSA) is 20.3 Å². The summed E-state index contributed by atoms with van der Waals surface area (Å²) in [7, 11) is 2.14. The molecule has 0 aromatic carbocycles. The minimum atomic E-state index is 0.451. The lowest BCUT2D eigenvalue weighted by atomic mass is 9.76. The summed E-state index contributed by atoms with van der Waals surface area (Å²) in [5, 5.41) is 0. The highest BCUT2D eigenvalue weighted by Crippen LogP contribution is 2.31. The monoisotopic (exact) mass is 197 g/mol. The normalized spacial score (nSPS) is 28.9. The maximum atomic E-state index is 11.4. The second-order valence-corrected chi connectivity index (χ2v) is 4.83. The highest BCUT2D eigenvalue weighted by molar-refractivity contribution is 5.79. The number of ketones is 1. The van der Waals surface area contributed by atoms with Crippen LogP contribution in [0.2, 0.25) is 0 Å². The van der Waals surface area contributed by atoms with Crippen molar-refractivity contribution in [1.29, 1.82) is 0 Å². The zero-order valence-corrected chi connectivity index (χ0v) is 9.92. The zero-order valence-electron chi connectivity index (χ0n) is 9.92. The van der Waals surface area contributed by atoms with E-state index >= 15 is 0 Å². The third-order valence-corrected chi connectivity index (χ3v) is 3.61. The fourth-order valence-corrected chi connectivity index (χ4v) is 2.50. The van der Waals surface area contributed by atoms with Crippen LogP contribution in [0.3, 0.4) is 0 Å². The van der Waals surface area contributed by atoms with Gasteiger partial charge in [0, 0.05) is 18.9 Å². The maximum absolute atomic E-state index is 11.4. The average Bonchev–Trinajstić information content (AvgIpc) is 2.16. The molecule has 14 heavy (non-hydrogen) atoms. The molecule has 1 rings (SSSR count). The standard InChI is InChI=1S/C12H23NO/c1-5-13(4)12-8-10(14)6-7-11(12)9(2)3/h9,11-12H,5-8H2,1-4H3. The van der Waals surface area contributed by atoms with Crippen LogP contribution in [0.5, 0.6) is 0 Å². The summed E-state index contributed by atoms with van der Waals surface area (Å²) in [6.45, 7) is 7.76. The Morgan fingerprint density at radius 1 is 1.50 bits per heavy atom. The molecule has 0 bridgehead atoms. The Hall–Kier alpha value is -0.370. The van der Waals surface area contributed by atoms with Gasteiger partial charge in [-0.3, -0.25) is 4.79 Å². The van der Waals surface area contributed by atoms with Gasteiger partial charge in [0.05, 0.1) is 0 Å². The predicted octanol–water partition coefficient (Wildman–Crippen LogP) is 2.33. The number of carbonyl (C=O) groups excluding carboxylic acids is 1. The van der Waals surface area contributed by atoms with E-state index in [-0.39, 0.29) is 0 Å². The predicted molar refractivity (Wildman–Crippen MR) is 59.3 cm³/mol. The van der Waals surface area contributed by atoms with Gasteiger partial charge in [-0.1, -0.05) is 20.8 Å². The molecule has 2 atom stereocenters. The largest absolute Gasteiger partial charge is 0.303 e.